The molecule has 17 heavy (non-hydrogen) atoms. The van der Waals surface area contributed by atoms with Crippen LogP contribution in [0.3, 0.4) is 0 Å². The summed E-state index contributed by atoms with van der Waals surface area (Å²) in [7, 11) is 1.76. The van der Waals surface area contributed by atoms with Crippen molar-refractivity contribution in [2.24, 2.45) is 5.73 Å². The molecule has 0 fully saturated rings. The van der Waals surface area contributed by atoms with Gasteiger partial charge in [0.05, 0.1) is 6.54 Å². The molecule has 7 heteroatoms. The first-order valence-electron chi connectivity index (χ1n) is 5.40. The van der Waals surface area contributed by atoms with Gasteiger partial charge in [0.1, 0.15) is 6.04 Å². The third-order valence-corrected chi connectivity index (χ3v) is 3.23. The predicted octanol–water partition coefficient (Wildman–Crippen LogP) is -0.0719. The molecule has 0 spiro atoms. The monoisotopic (exact) mass is 264 g/mol. The van der Waals surface area contributed by atoms with Crippen molar-refractivity contribution in [3.05, 3.63) is 0 Å². The molecule has 0 saturated carbocycles. The van der Waals surface area contributed by atoms with Crippen molar-refractivity contribution in [2.45, 2.75) is 18.9 Å². The third-order valence-electron chi connectivity index (χ3n) is 2.12. The summed E-state index contributed by atoms with van der Waals surface area (Å²) >= 11 is 1.64. The molecule has 6 nitrogen and oxygen atoms in total. The summed E-state index contributed by atoms with van der Waals surface area (Å²) in [4.78, 5) is 22.5. The summed E-state index contributed by atoms with van der Waals surface area (Å²) in [5.41, 5.74) is 5.35. The van der Waals surface area contributed by atoms with Crippen molar-refractivity contribution in [3.63, 3.8) is 0 Å². The Kier molecular flexibility index (Phi) is 8.83. The number of carboxylic acids is 2. The van der Waals surface area contributed by atoms with Crippen LogP contribution in [0.15, 0.2) is 0 Å². The lowest BCUT2D eigenvalue weighted by Crippen LogP contribution is -2.30. The van der Waals surface area contributed by atoms with E-state index in [9.17, 15) is 9.59 Å². The third kappa shape index (κ3) is 10.1. The number of nitrogens with two attached hydrogens (primary N) is 1. The van der Waals surface area contributed by atoms with E-state index in [1.165, 1.54) is 0 Å². The van der Waals surface area contributed by atoms with Gasteiger partial charge in [-0.15, -0.1) is 0 Å². The number of hydrogen-bond donors (Lipinski definition) is 3. The van der Waals surface area contributed by atoms with E-state index in [2.05, 4.69) is 0 Å². The van der Waals surface area contributed by atoms with Crippen molar-refractivity contribution in [1.29, 1.82) is 0 Å². The van der Waals surface area contributed by atoms with E-state index in [4.69, 9.17) is 15.9 Å². The molecule has 1 unspecified atom stereocenters. The first kappa shape index (κ1) is 16.2. The lowest BCUT2D eigenvalue weighted by molar-refractivity contribution is -0.139. The maximum Gasteiger partial charge on any atom is 0.320 e. The van der Waals surface area contributed by atoms with Crippen LogP contribution in [0.1, 0.15) is 12.8 Å². The molecule has 1 atom stereocenters. The molecular weight excluding hydrogens is 244 g/mol. The number of nitrogens with zero attached hydrogens (tertiary/aromatic N) is 1. The first-order chi connectivity index (χ1) is 7.93. The molecule has 0 bridgehead atoms. The molecule has 0 aromatic rings. The topological polar surface area (TPSA) is 104 Å². The van der Waals surface area contributed by atoms with Gasteiger partial charge >= 0.3 is 11.9 Å². The molecule has 100 valence electrons. The summed E-state index contributed by atoms with van der Waals surface area (Å²) in [5, 5.41) is 17.1. The van der Waals surface area contributed by atoms with Crippen LogP contribution in [0.5, 0.6) is 0 Å². The number of thioether (sulfide) groups is 1. The molecule has 0 aromatic heterocycles. The lowest BCUT2D eigenvalue weighted by atomic mass is 10.2. The van der Waals surface area contributed by atoms with Gasteiger partial charge in [0.25, 0.3) is 0 Å². The fraction of sp³-hybridized carbons (Fsp3) is 0.800. The highest BCUT2D eigenvalue weighted by molar-refractivity contribution is 7.99. The Labute approximate surface area is 105 Å². The average Bonchev–Trinajstić information content (AvgIpc) is 2.21. The van der Waals surface area contributed by atoms with E-state index in [0.29, 0.717) is 6.42 Å². The van der Waals surface area contributed by atoms with Gasteiger partial charge in [-0.1, -0.05) is 0 Å². The highest BCUT2D eigenvalue weighted by Crippen LogP contribution is 2.06. The van der Waals surface area contributed by atoms with Gasteiger partial charge in [0, 0.05) is 0 Å². The van der Waals surface area contributed by atoms with Gasteiger partial charge < -0.3 is 15.9 Å². The van der Waals surface area contributed by atoms with Crippen LogP contribution in [-0.4, -0.2) is 64.7 Å². The number of rotatable bonds is 10. The summed E-state index contributed by atoms with van der Waals surface area (Å²) in [6.07, 6.45) is 1.35. The molecule has 0 rings (SSSR count). The maximum absolute atomic E-state index is 10.4. The number of carbonyl (C=O) groups is 2. The van der Waals surface area contributed by atoms with Crippen LogP contribution < -0.4 is 5.73 Å². The summed E-state index contributed by atoms with van der Waals surface area (Å²) in [6, 6.07) is -0.780. The molecule has 0 aliphatic rings. The van der Waals surface area contributed by atoms with Crippen LogP contribution in [0.4, 0.5) is 0 Å². The molecule has 0 heterocycles. The lowest BCUT2D eigenvalue weighted by Gasteiger charge is -2.13. The number of hydrogen-bond acceptors (Lipinski definition) is 5. The minimum Gasteiger partial charge on any atom is -0.480 e. The van der Waals surface area contributed by atoms with Gasteiger partial charge in [0.2, 0.25) is 0 Å². The molecular formula is C10H20N2O4S. The number of carboxylic acid groups (broad SMARTS) is 2. The summed E-state index contributed by atoms with van der Waals surface area (Å²) in [5.74, 6) is -0.189. The second-order valence-electron chi connectivity index (χ2n) is 3.83. The van der Waals surface area contributed by atoms with Gasteiger partial charge in [-0.3, -0.25) is 14.5 Å². The van der Waals surface area contributed by atoms with Crippen LogP contribution in [0, 0.1) is 0 Å². The van der Waals surface area contributed by atoms with Crippen LogP contribution in [0.25, 0.3) is 0 Å². The van der Waals surface area contributed by atoms with E-state index in [1.54, 1.807) is 23.7 Å². The van der Waals surface area contributed by atoms with E-state index >= 15 is 0 Å². The van der Waals surface area contributed by atoms with Crippen LogP contribution in [-0.2, 0) is 9.59 Å². The van der Waals surface area contributed by atoms with Crippen LogP contribution >= 0.6 is 11.8 Å². The smallest absolute Gasteiger partial charge is 0.320 e. The molecule has 0 saturated heterocycles. The van der Waals surface area contributed by atoms with E-state index < -0.39 is 18.0 Å². The molecule has 0 radical (unpaired) electrons. The molecule has 0 aliphatic carbocycles. The second-order valence-corrected chi connectivity index (χ2v) is 5.06. The Morgan fingerprint density at radius 3 is 2.53 bits per heavy atom. The van der Waals surface area contributed by atoms with Gasteiger partial charge in [-0.25, -0.2) is 0 Å². The van der Waals surface area contributed by atoms with Crippen molar-refractivity contribution >= 4 is 23.7 Å². The van der Waals surface area contributed by atoms with E-state index in [0.717, 1.165) is 24.5 Å². The normalized spacial score (nSPS) is 12.6. The van der Waals surface area contributed by atoms with Gasteiger partial charge in [-0.05, 0) is 37.9 Å². The zero-order valence-electron chi connectivity index (χ0n) is 9.96. The minimum atomic E-state index is -0.966. The molecule has 0 aromatic carbocycles. The number of likely N-dealkylation sites (N-methyl/N-ethyl adjacent to an activating group) is 1. The average molecular weight is 264 g/mol. The van der Waals surface area contributed by atoms with E-state index in [-0.39, 0.29) is 6.54 Å². The SMILES string of the molecule is CN(CCCSCCC(N)C(=O)O)CC(=O)O. The molecule has 4 N–H and O–H groups in total. The maximum atomic E-state index is 10.4. The predicted molar refractivity (Wildman–Crippen MR) is 67.3 cm³/mol. The van der Waals surface area contributed by atoms with Crippen molar-refractivity contribution in [1.82, 2.24) is 4.90 Å². The van der Waals surface area contributed by atoms with Crippen molar-refractivity contribution in [2.75, 3.05) is 31.6 Å². The summed E-state index contributed by atoms with van der Waals surface area (Å²) in [6.45, 7) is 0.777. The second kappa shape index (κ2) is 9.26. The standard InChI is InChI=1S/C10H20N2O4S/c1-12(7-9(13)14)4-2-5-17-6-3-8(11)10(15)16/h8H,2-7,11H2,1H3,(H,13,14)(H,15,16). The minimum absolute atomic E-state index is 0.0502. The Bertz CT molecular complexity index is 250. The van der Waals surface area contributed by atoms with E-state index in [1.807, 2.05) is 0 Å². The first-order valence-corrected chi connectivity index (χ1v) is 6.55. The zero-order chi connectivity index (χ0) is 13.3. The van der Waals surface area contributed by atoms with Crippen molar-refractivity contribution in [3.8, 4) is 0 Å². The van der Waals surface area contributed by atoms with Crippen molar-refractivity contribution < 1.29 is 19.8 Å². The molecule has 0 aliphatic heterocycles. The quantitative estimate of drug-likeness (QED) is 0.474. The Morgan fingerprint density at radius 1 is 1.35 bits per heavy atom. The van der Waals surface area contributed by atoms with Crippen LogP contribution in [0.2, 0.25) is 0 Å². The molecule has 0 amide bonds. The number of aliphatic carboxylic acids is 2. The zero-order valence-corrected chi connectivity index (χ0v) is 10.8. The highest BCUT2D eigenvalue weighted by atomic mass is 32.2. The largest absolute Gasteiger partial charge is 0.480 e. The highest BCUT2D eigenvalue weighted by Gasteiger charge is 2.10. The fourth-order valence-corrected chi connectivity index (χ4v) is 2.14. The Hall–Kier alpha value is -0.790. The fourth-order valence-electron chi connectivity index (χ4n) is 1.18. The Balaban J connectivity index is 3.35. The van der Waals surface area contributed by atoms with Gasteiger partial charge in [-0.2, -0.15) is 11.8 Å². The summed E-state index contributed by atoms with van der Waals surface area (Å²) < 4.78 is 0. The Morgan fingerprint density at radius 2 is 2.00 bits per heavy atom. The van der Waals surface area contributed by atoms with Gasteiger partial charge in [0.15, 0.2) is 0 Å².